The summed E-state index contributed by atoms with van der Waals surface area (Å²) in [6.45, 7) is 0. The van der Waals surface area contributed by atoms with Crippen LogP contribution in [-0.4, -0.2) is 9.97 Å². The van der Waals surface area contributed by atoms with Crippen LogP contribution in [0.5, 0.6) is 0 Å². The Balaban J connectivity index is 0.000000162. The molecule has 3 aromatic rings. The molecule has 0 bridgehead atoms. The van der Waals surface area contributed by atoms with Crippen molar-refractivity contribution in [1.29, 1.82) is 0 Å². The van der Waals surface area contributed by atoms with Crippen LogP contribution < -0.4 is 0 Å². The zero-order valence-electron chi connectivity index (χ0n) is 7.33. The Labute approximate surface area is 92.4 Å². The van der Waals surface area contributed by atoms with Crippen LogP contribution in [0.25, 0.3) is 10.2 Å². The van der Waals surface area contributed by atoms with Crippen molar-refractivity contribution in [2.24, 2.45) is 0 Å². The number of hydrogen-bond acceptors (Lipinski definition) is 4. The number of oxazole rings is 1. The Kier molecular flexibility index (Phi) is 4.50. The lowest BCUT2D eigenvalue weighted by Gasteiger charge is -1.80. The van der Waals surface area contributed by atoms with Gasteiger partial charge < -0.3 is 4.42 Å². The molecule has 0 spiro atoms. The van der Waals surface area contributed by atoms with E-state index in [1.54, 1.807) is 17.5 Å². The van der Waals surface area contributed by atoms with E-state index in [-0.39, 0.29) is 7.43 Å². The third-order valence-corrected chi connectivity index (χ3v) is 2.39. The Hall–Kier alpha value is -1.68. The minimum Gasteiger partial charge on any atom is -0.452 e. The van der Waals surface area contributed by atoms with E-state index in [0.29, 0.717) is 0 Å². The smallest absolute Gasteiger partial charge is 0.180 e. The van der Waals surface area contributed by atoms with E-state index in [0.717, 1.165) is 5.52 Å². The van der Waals surface area contributed by atoms with Gasteiger partial charge in [-0.15, -0.1) is 11.3 Å². The first-order valence-corrected chi connectivity index (χ1v) is 4.95. The van der Waals surface area contributed by atoms with E-state index in [1.165, 1.54) is 17.4 Å². The monoisotopic (exact) mass is 220 g/mol. The average Bonchev–Trinajstić information content (AvgIpc) is 2.92. The molecule has 2 heterocycles. The van der Waals surface area contributed by atoms with Crippen LogP contribution in [0.3, 0.4) is 0 Å². The summed E-state index contributed by atoms with van der Waals surface area (Å²) in [4.78, 5) is 7.69. The lowest BCUT2D eigenvalue weighted by Crippen LogP contribution is -1.61. The summed E-state index contributed by atoms with van der Waals surface area (Å²) < 4.78 is 5.73. The molecule has 0 aliphatic rings. The zero-order chi connectivity index (χ0) is 9.64. The second-order valence-electron chi connectivity index (χ2n) is 2.50. The summed E-state index contributed by atoms with van der Waals surface area (Å²) in [7, 11) is 0. The van der Waals surface area contributed by atoms with Gasteiger partial charge in [0.15, 0.2) is 6.39 Å². The number of thiazole rings is 1. The SMILES string of the molecule is C.c1ccc2scnc2c1.c1cocn1. The third kappa shape index (κ3) is 3.18. The van der Waals surface area contributed by atoms with E-state index in [2.05, 4.69) is 20.5 Å². The minimum absolute atomic E-state index is 0. The molecule has 0 saturated carbocycles. The number of aromatic nitrogens is 2. The third-order valence-electron chi connectivity index (χ3n) is 1.58. The zero-order valence-corrected chi connectivity index (χ0v) is 8.15. The highest BCUT2D eigenvalue weighted by molar-refractivity contribution is 7.16. The van der Waals surface area contributed by atoms with Crippen LogP contribution in [0.1, 0.15) is 7.43 Å². The Bertz CT molecular complexity index is 429. The molecular weight excluding hydrogens is 208 g/mol. The number of hydrogen-bond donors (Lipinski definition) is 0. The van der Waals surface area contributed by atoms with Gasteiger partial charge in [-0.25, -0.2) is 9.97 Å². The van der Waals surface area contributed by atoms with E-state index in [1.807, 2.05) is 23.7 Å². The molecule has 1 aromatic carbocycles. The van der Waals surface area contributed by atoms with Crippen molar-refractivity contribution in [2.45, 2.75) is 7.43 Å². The Morgan fingerprint density at radius 2 is 2.07 bits per heavy atom. The van der Waals surface area contributed by atoms with Gasteiger partial charge >= 0.3 is 0 Å². The van der Waals surface area contributed by atoms with Crippen molar-refractivity contribution in [3.63, 3.8) is 0 Å². The molecule has 15 heavy (non-hydrogen) atoms. The van der Waals surface area contributed by atoms with Gasteiger partial charge in [0, 0.05) is 0 Å². The van der Waals surface area contributed by atoms with E-state index >= 15 is 0 Å². The molecule has 0 N–H and O–H groups in total. The first-order valence-electron chi connectivity index (χ1n) is 4.07. The lowest BCUT2D eigenvalue weighted by atomic mass is 10.3. The Morgan fingerprint density at radius 3 is 2.67 bits per heavy atom. The number of para-hydroxylation sites is 1. The molecule has 0 atom stereocenters. The van der Waals surface area contributed by atoms with Crippen molar-refractivity contribution in [1.82, 2.24) is 9.97 Å². The fourth-order valence-electron chi connectivity index (χ4n) is 0.979. The Morgan fingerprint density at radius 1 is 1.20 bits per heavy atom. The molecule has 3 nitrogen and oxygen atoms in total. The van der Waals surface area contributed by atoms with Crippen LogP contribution in [0.2, 0.25) is 0 Å². The second kappa shape index (κ2) is 5.93. The first kappa shape index (κ1) is 11.4. The second-order valence-corrected chi connectivity index (χ2v) is 3.38. The molecule has 78 valence electrons. The molecule has 0 radical (unpaired) electrons. The summed E-state index contributed by atoms with van der Waals surface area (Å²) in [6, 6.07) is 8.13. The largest absolute Gasteiger partial charge is 0.452 e. The van der Waals surface area contributed by atoms with Gasteiger partial charge in [-0.1, -0.05) is 19.6 Å². The summed E-state index contributed by atoms with van der Waals surface area (Å²) >= 11 is 1.68. The number of fused-ring (bicyclic) bond motifs is 1. The van der Waals surface area contributed by atoms with Crippen molar-refractivity contribution < 1.29 is 4.42 Å². The molecular formula is C11H12N2OS. The highest BCUT2D eigenvalue weighted by atomic mass is 32.1. The highest BCUT2D eigenvalue weighted by Gasteiger charge is 1.89. The fourth-order valence-corrected chi connectivity index (χ4v) is 1.66. The van der Waals surface area contributed by atoms with Crippen molar-refractivity contribution in [3.05, 3.63) is 48.6 Å². The normalized spacial score (nSPS) is 8.80. The number of benzene rings is 1. The van der Waals surface area contributed by atoms with Gasteiger partial charge in [-0.2, -0.15) is 0 Å². The van der Waals surface area contributed by atoms with Gasteiger partial charge in [-0.05, 0) is 12.1 Å². The molecule has 0 amide bonds. The summed E-state index contributed by atoms with van der Waals surface area (Å²) in [5, 5.41) is 0. The predicted molar refractivity (Wildman–Crippen MR) is 62.9 cm³/mol. The van der Waals surface area contributed by atoms with Crippen LogP contribution in [0.4, 0.5) is 0 Å². The van der Waals surface area contributed by atoms with Crippen LogP contribution in [-0.2, 0) is 0 Å². The molecule has 0 saturated heterocycles. The summed E-state index contributed by atoms with van der Waals surface area (Å²) in [6.07, 6.45) is 4.47. The van der Waals surface area contributed by atoms with Gasteiger partial charge in [0.1, 0.15) is 6.26 Å². The first-order chi connectivity index (χ1) is 6.97. The van der Waals surface area contributed by atoms with Crippen molar-refractivity contribution in [3.8, 4) is 0 Å². The molecule has 4 heteroatoms. The highest BCUT2D eigenvalue weighted by Crippen LogP contribution is 2.15. The minimum atomic E-state index is 0. The lowest BCUT2D eigenvalue weighted by molar-refractivity contribution is 0.558. The molecule has 0 fully saturated rings. The maximum Gasteiger partial charge on any atom is 0.180 e. The van der Waals surface area contributed by atoms with E-state index in [9.17, 15) is 0 Å². The van der Waals surface area contributed by atoms with Gasteiger partial charge in [0.05, 0.1) is 21.9 Å². The van der Waals surface area contributed by atoms with Crippen LogP contribution in [0.15, 0.2) is 53.0 Å². The number of nitrogens with zero attached hydrogens (tertiary/aromatic N) is 2. The quantitative estimate of drug-likeness (QED) is 0.581. The summed E-state index contributed by atoms with van der Waals surface area (Å²) in [5.74, 6) is 0. The van der Waals surface area contributed by atoms with E-state index in [4.69, 9.17) is 0 Å². The van der Waals surface area contributed by atoms with Crippen molar-refractivity contribution >= 4 is 21.6 Å². The maximum absolute atomic E-state index is 4.47. The number of rotatable bonds is 0. The molecule has 0 aliphatic carbocycles. The molecule has 0 aliphatic heterocycles. The van der Waals surface area contributed by atoms with E-state index < -0.39 is 0 Å². The summed E-state index contributed by atoms with van der Waals surface area (Å²) in [5.41, 5.74) is 2.97. The standard InChI is InChI=1S/C7H5NS.C3H3NO.CH4/c1-2-4-7-6(3-1)8-5-9-7;1-2-5-3-4-1;/h1-5H;1-3H;1H4. The van der Waals surface area contributed by atoms with Crippen LogP contribution in [0, 0.1) is 0 Å². The van der Waals surface area contributed by atoms with Gasteiger partial charge in [0.25, 0.3) is 0 Å². The molecule has 2 aromatic heterocycles. The van der Waals surface area contributed by atoms with Crippen LogP contribution >= 0.6 is 11.3 Å². The maximum atomic E-state index is 4.47. The topological polar surface area (TPSA) is 38.9 Å². The average molecular weight is 220 g/mol. The van der Waals surface area contributed by atoms with Gasteiger partial charge in [-0.3, -0.25) is 0 Å². The fraction of sp³-hybridized carbons (Fsp3) is 0.0909. The molecule has 3 rings (SSSR count). The van der Waals surface area contributed by atoms with Crippen molar-refractivity contribution in [2.75, 3.05) is 0 Å². The predicted octanol–water partition coefficient (Wildman–Crippen LogP) is 3.61. The molecule has 0 unspecified atom stereocenters. The van der Waals surface area contributed by atoms with Gasteiger partial charge in [0.2, 0.25) is 0 Å².